The van der Waals surface area contributed by atoms with Gasteiger partial charge in [0, 0.05) is 6.42 Å². The Morgan fingerprint density at radius 3 is 1.71 bits per heavy atom. The van der Waals surface area contributed by atoms with Crippen LogP contribution in [0.15, 0.2) is 0 Å². The quantitative estimate of drug-likeness (QED) is 0.662. The molecule has 0 atom stereocenters. The van der Waals surface area contributed by atoms with Crippen LogP contribution in [0.2, 0.25) is 0 Å². The molecule has 3 heteroatoms. The molecular formula is C14H26O3. The molecule has 3 nitrogen and oxygen atoms in total. The van der Waals surface area contributed by atoms with Crippen molar-refractivity contribution in [1.82, 2.24) is 0 Å². The molecule has 1 N–H and O–H groups in total. The van der Waals surface area contributed by atoms with E-state index in [1.54, 1.807) is 0 Å². The minimum atomic E-state index is -1.17. The van der Waals surface area contributed by atoms with E-state index in [9.17, 15) is 14.7 Å². The minimum absolute atomic E-state index is 0.102. The van der Waals surface area contributed by atoms with Crippen LogP contribution in [0.1, 0.15) is 60.3 Å². The number of carbonyl (C=O) groups excluding carboxylic acids is 1. The van der Waals surface area contributed by atoms with E-state index in [0.29, 0.717) is 25.7 Å². The Kier molecular flexibility index (Phi) is 6.43. The van der Waals surface area contributed by atoms with Crippen LogP contribution < -0.4 is 0 Å². The molecule has 0 aromatic rings. The summed E-state index contributed by atoms with van der Waals surface area (Å²) in [6.07, 6.45) is 1.97. The van der Waals surface area contributed by atoms with Gasteiger partial charge >= 0.3 is 5.97 Å². The van der Waals surface area contributed by atoms with E-state index in [1.165, 1.54) is 0 Å². The van der Waals surface area contributed by atoms with Gasteiger partial charge in [-0.05, 0) is 31.1 Å². The van der Waals surface area contributed by atoms with Gasteiger partial charge in [0.25, 0.3) is 0 Å². The second-order valence-corrected chi connectivity index (χ2v) is 5.76. The highest BCUT2D eigenvalue weighted by molar-refractivity contribution is 6.03. The third-order valence-electron chi connectivity index (χ3n) is 2.93. The third kappa shape index (κ3) is 4.49. The van der Waals surface area contributed by atoms with E-state index in [2.05, 4.69) is 0 Å². The Labute approximate surface area is 105 Å². The van der Waals surface area contributed by atoms with Crippen molar-refractivity contribution in [1.29, 1.82) is 0 Å². The van der Waals surface area contributed by atoms with Gasteiger partial charge in [-0.1, -0.05) is 34.6 Å². The van der Waals surface area contributed by atoms with Crippen molar-refractivity contribution in [2.45, 2.75) is 60.3 Å². The lowest BCUT2D eigenvalue weighted by Gasteiger charge is -2.31. The number of hydrogen-bond donors (Lipinski definition) is 1. The third-order valence-corrected chi connectivity index (χ3v) is 2.93. The highest BCUT2D eigenvalue weighted by atomic mass is 16.4. The Balaban J connectivity index is 5.23. The number of ketones is 1. The fourth-order valence-electron chi connectivity index (χ4n) is 2.47. The molecule has 0 heterocycles. The summed E-state index contributed by atoms with van der Waals surface area (Å²) >= 11 is 0. The molecule has 0 fully saturated rings. The molecule has 0 saturated carbocycles. The van der Waals surface area contributed by atoms with Crippen LogP contribution in [-0.4, -0.2) is 16.9 Å². The summed E-state index contributed by atoms with van der Waals surface area (Å²) in [5, 5.41) is 9.50. The Hall–Kier alpha value is -0.860. The molecule has 0 amide bonds. The van der Waals surface area contributed by atoms with Gasteiger partial charge in [0.1, 0.15) is 11.2 Å². The number of rotatable bonds is 8. The van der Waals surface area contributed by atoms with Crippen LogP contribution in [0.5, 0.6) is 0 Å². The molecule has 100 valence electrons. The molecular weight excluding hydrogens is 216 g/mol. The minimum Gasteiger partial charge on any atom is -0.480 e. The smallest absolute Gasteiger partial charge is 0.317 e. The maximum Gasteiger partial charge on any atom is 0.317 e. The van der Waals surface area contributed by atoms with Crippen molar-refractivity contribution < 1.29 is 14.7 Å². The van der Waals surface area contributed by atoms with E-state index >= 15 is 0 Å². The Morgan fingerprint density at radius 2 is 1.47 bits per heavy atom. The SMILES string of the molecule is CCCC(=O)C(CC(C)C)(CC(C)C)C(=O)O. The molecule has 0 aromatic carbocycles. The molecule has 0 rings (SSSR count). The first-order valence-corrected chi connectivity index (χ1v) is 6.53. The van der Waals surface area contributed by atoms with Gasteiger partial charge in [0.15, 0.2) is 0 Å². The lowest BCUT2D eigenvalue weighted by atomic mass is 9.70. The maximum absolute atomic E-state index is 12.2. The van der Waals surface area contributed by atoms with E-state index in [-0.39, 0.29) is 17.6 Å². The Morgan fingerprint density at radius 1 is 1.06 bits per heavy atom. The zero-order chi connectivity index (χ0) is 13.6. The summed E-state index contributed by atoms with van der Waals surface area (Å²) in [5.74, 6) is -0.621. The van der Waals surface area contributed by atoms with Crippen molar-refractivity contribution in [2.24, 2.45) is 17.3 Å². The predicted octanol–water partition coefficient (Wildman–Crippen LogP) is 3.52. The summed E-state index contributed by atoms with van der Waals surface area (Å²) in [6, 6.07) is 0. The fraction of sp³-hybridized carbons (Fsp3) is 0.857. The van der Waals surface area contributed by atoms with Crippen molar-refractivity contribution in [2.75, 3.05) is 0 Å². The van der Waals surface area contributed by atoms with E-state index in [0.717, 1.165) is 0 Å². The molecule has 0 radical (unpaired) electrons. The summed E-state index contributed by atoms with van der Waals surface area (Å²) in [7, 11) is 0. The fourth-order valence-corrected chi connectivity index (χ4v) is 2.47. The topological polar surface area (TPSA) is 54.4 Å². The number of aliphatic carboxylic acids is 1. The number of carboxylic acid groups (broad SMARTS) is 1. The number of hydrogen-bond acceptors (Lipinski definition) is 2. The van der Waals surface area contributed by atoms with Gasteiger partial charge in [-0.2, -0.15) is 0 Å². The zero-order valence-electron chi connectivity index (χ0n) is 11.7. The first kappa shape index (κ1) is 16.1. The van der Waals surface area contributed by atoms with E-state index < -0.39 is 11.4 Å². The van der Waals surface area contributed by atoms with Gasteiger partial charge in [-0.25, -0.2) is 0 Å². The van der Waals surface area contributed by atoms with Crippen LogP contribution >= 0.6 is 0 Å². The van der Waals surface area contributed by atoms with Crippen molar-refractivity contribution >= 4 is 11.8 Å². The van der Waals surface area contributed by atoms with Gasteiger partial charge < -0.3 is 5.11 Å². The normalized spacial score (nSPS) is 12.2. The Bertz CT molecular complexity index is 257. The van der Waals surface area contributed by atoms with Crippen molar-refractivity contribution in [3.63, 3.8) is 0 Å². The molecule has 0 spiro atoms. The standard InChI is InChI=1S/C14H26O3/c1-6-7-12(15)14(13(16)17,8-10(2)3)9-11(4)5/h10-11H,6-9H2,1-5H3,(H,16,17). The summed E-state index contributed by atoms with van der Waals surface area (Å²) in [4.78, 5) is 23.8. The van der Waals surface area contributed by atoms with Crippen LogP contribution in [0.25, 0.3) is 0 Å². The summed E-state index contributed by atoms with van der Waals surface area (Å²) in [5.41, 5.74) is -1.17. The van der Waals surface area contributed by atoms with Gasteiger partial charge in [0.2, 0.25) is 0 Å². The molecule has 17 heavy (non-hydrogen) atoms. The highest BCUT2D eigenvalue weighted by Crippen LogP contribution is 2.36. The number of carboxylic acids is 1. The number of carbonyl (C=O) groups is 2. The molecule has 0 aliphatic heterocycles. The maximum atomic E-state index is 12.2. The second kappa shape index (κ2) is 6.77. The lowest BCUT2D eigenvalue weighted by molar-refractivity contribution is -0.157. The van der Waals surface area contributed by atoms with Crippen molar-refractivity contribution in [3.05, 3.63) is 0 Å². The second-order valence-electron chi connectivity index (χ2n) is 5.76. The van der Waals surface area contributed by atoms with Crippen LogP contribution in [0.4, 0.5) is 0 Å². The number of Topliss-reactive ketones (excluding diaryl/α,β-unsaturated/α-hetero) is 1. The zero-order valence-corrected chi connectivity index (χ0v) is 11.7. The first-order valence-electron chi connectivity index (χ1n) is 6.53. The molecule has 0 aromatic heterocycles. The van der Waals surface area contributed by atoms with Crippen LogP contribution in [0, 0.1) is 17.3 Å². The summed E-state index contributed by atoms with van der Waals surface area (Å²) in [6.45, 7) is 9.79. The average Bonchev–Trinajstić information content (AvgIpc) is 2.14. The first-order chi connectivity index (χ1) is 7.76. The van der Waals surface area contributed by atoms with Crippen LogP contribution in [-0.2, 0) is 9.59 Å². The molecule has 0 aliphatic rings. The molecule has 0 unspecified atom stereocenters. The van der Waals surface area contributed by atoms with Crippen LogP contribution in [0.3, 0.4) is 0 Å². The largest absolute Gasteiger partial charge is 0.480 e. The predicted molar refractivity (Wildman–Crippen MR) is 68.9 cm³/mol. The lowest BCUT2D eigenvalue weighted by Crippen LogP contribution is -2.41. The summed E-state index contributed by atoms with van der Waals surface area (Å²) < 4.78 is 0. The average molecular weight is 242 g/mol. The van der Waals surface area contributed by atoms with E-state index in [1.807, 2.05) is 34.6 Å². The monoisotopic (exact) mass is 242 g/mol. The van der Waals surface area contributed by atoms with Gasteiger partial charge in [0.05, 0.1) is 0 Å². The molecule has 0 saturated heterocycles. The molecule has 0 aliphatic carbocycles. The highest BCUT2D eigenvalue weighted by Gasteiger charge is 2.45. The van der Waals surface area contributed by atoms with E-state index in [4.69, 9.17) is 0 Å². The van der Waals surface area contributed by atoms with Crippen molar-refractivity contribution in [3.8, 4) is 0 Å². The van der Waals surface area contributed by atoms with Gasteiger partial charge in [-0.15, -0.1) is 0 Å². The molecule has 0 bridgehead atoms. The van der Waals surface area contributed by atoms with Gasteiger partial charge in [-0.3, -0.25) is 9.59 Å².